The molecule has 0 spiro atoms. The molecule has 0 saturated heterocycles. The van der Waals surface area contributed by atoms with Gasteiger partial charge in [0.1, 0.15) is 6.61 Å². The molecule has 0 aliphatic carbocycles. The van der Waals surface area contributed by atoms with Crippen LogP contribution in [0, 0.1) is 0 Å². The fraction of sp³-hybridized carbons (Fsp3) is 0.118. The van der Waals surface area contributed by atoms with Gasteiger partial charge >= 0.3 is 5.97 Å². The predicted octanol–water partition coefficient (Wildman–Crippen LogP) is 2.98. The lowest BCUT2D eigenvalue weighted by Gasteiger charge is -2.06. The summed E-state index contributed by atoms with van der Waals surface area (Å²) >= 11 is 0. The molecule has 4 heteroatoms. The van der Waals surface area contributed by atoms with E-state index in [1.165, 1.54) is 6.08 Å². The van der Waals surface area contributed by atoms with Gasteiger partial charge in [0.2, 0.25) is 0 Å². The molecule has 0 aliphatic rings. The largest absolute Gasteiger partial charge is 0.460 e. The molecule has 0 fully saturated rings. The van der Waals surface area contributed by atoms with Crippen molar-refractivity contribution in [1.29, 1.82) is 0 Å². The highest BCUT2D eigenvalue weighted by molar-refractivity contribution is 5.87. The summed E-state index contributed by atoms with van der Waals surface area (Å²) < 4.78 is 4.73. The van der Waals surface area contributed by atoms with Crippen molar-refractivity contribution < 1.29 is 14.6 Å². The first-order chi connectivity index (χ1) is 10.3. The number of anilines is 2. The Hall–Kier alpha value is -2.59. The van der Waals surface area contributed by atoms with Crippen LogP contribution in [0.15, 0.2) is 60.7 Å². The van der Waals surface area contributed by atoms with Crippen LogP contribution >= 0.6 is 0 Å². The second-order valence-corrected chi connectivity index (χ2v) is 4.34. The first-order valence-corrected chi connectivity index (χ1v) is 6.66. The summed E-state index contributed by atoms with van der Waals surface area (Å²) in [5, 5.41) is 11.8. The van der Waals surface area contributed by atoms with Crippen molar-refractivity contribution in [3.8, 4) is 0 Å². The summed E-state index contributed by atoms with van der Waals surface area (Å²) in [6.07, 6.45) is 3.02. The zero-order chi connectivity index (χ0) is 14.9. The number of ether oxygens (including phenoxy) is 1. The molecule has 108 valence electrons. The second kappa shape index (κ2) is 7.87. The predicted molar refractivity (Wildman–Crippen MR) is 83.2 cm³/mol. The van der Waals surface area contributed by atoms with E-state index in [9.17, 15) is 4.79 Å². The monoisotopic (exact) mass is 283 g/mol. The minimum atomic E-state index is -0.462. The number of carbonyl (C=O) groups is 1. The lowest BCUT2D eigenvalue weighted by atomic mass is 10.2. The van der Waals surface area contributed by atoms with Crippen molar-refractivity contribution in [2.24, 2.45) is 0 Å². The van der Waals surface area contributed by atoms with Crippen LogP contribution in [0.2, 0.25) is 0 Å². The molecule has 2 N–H and O–H groups in total. The quantitative estimate of drug-likeness (QED) is 0.632. The zero-order valence-corrected chi connectivity index (χ0v) is 11.5. The minimum Gasteiger partial charge on any atom is -0.460 e. The van der Waals surface area contributed by atoms with Gasteiger partial charge in [0.15, 0.2) is 0 Å². The number of nitrogens with one attached hydrogen (secondary N) is 1. The highest BCUT2D eigenvalue weighted by Crippen LogP contribution is 2.17. The number of para-hydroxylation sites is 1. The molecule has 0 radical (unpaired) electrons. The molecule has 4 nitrogen and oxygen atoms in total. The number of aliphatic hydroxyl groups is 1. The van der Waals surface area contributed by atoms with Crippen molar-refractivity contribution in [3.05, 3.63) is 66.2 Å². The Kier molecular flexibility index (Phi) is 5.55. The summed E-state index contributed by atoms with van der Waals surface area (Å²) in [5.74, 6) is -0.462. The van der Waals surface area contributed by atoms with E-state index in [2.05, 4.69) is 5.32 Å². The standard InChI is InChI=1S/C17H17NO3/c19-12-13-21-17(20)11-8-14-6-9-16(10-7-14)18-15-4-2-1-3-5-15/h1-11,18-19H,12-13H2/b11-8+. The maximum absolute atomic E-state index is 11.3. The maximum atomic E-state index is 11.3. The van der Waals surface area contributed by atoms with Gasteiger partial charge in [-0.3, -0.25) is 0 Å². The first-order valence-electron chi connectivity index (χ1n) is 6.66. The maximum Gasteiger partial charge on any atom is 0.330 e. The lowest BCUT2D eigenvalue weighted by molar-refractivity contribution is -0.138. The third-order valence-electron chi connectivity index (χ3n) is 2.72. The van der Waals surface area contributed by atoms with E-state index in [1.807, 2.05) is 54.6 Å². The number of aliphatic hydroxyl groups excluding tert-OH is 1. The van der Waals surface area contributed by atoms with Crippen LogP contribution in [-0.4, -0.2) is 24.3 Å². The molecular formula is C17H17NO3. The number of esters is 1. The van der Waals surface area contributed by atoms with Crippen molar-refractivity contribution in [1.82, 2.24) is 0 Å². The van der Waals surface area contributed by atoms with Gasteiger partial charge in [0.05, 0.1) is 6.61 Å². The van der Waals surface area contributed by atoms with E-state index < -0.39 is 5.97 Å². The summed E-state index contributed by atoms with van der Waals surface area (Å²) in [5.41, 5.74) is 2.89. The fourth-order valence-corrected chi connectivity index (χ4v) is 1.72. The molecule has 0 aromatic heterocycles. The van der Waals surface area contributed by atoms with Gasteiger partial charge in [0, 0.05) is 17.5 Å². The van der Waals surface area contributed by atoms with Crippen molar-refractivity contribution in [2.45, 2.75) is 0 Å². The third-order valence-corrected chi connectivity index (χ3v) is 2.72. The lowest BCUT2D eigenvalue weighted by Crippen LogP contribution is -2.04. The summed E-state index contributed by atoms with van der Waals surface area (Å²) in [6.45, 7) is -0.150. The number of hydrogen-bond acceptors (Lipinski definition) is 4. The van der Waals surface area contributed by atoms with Crippen LogP contribution in [0.3, 0.4) is 0 Å². The van der Waals surface area contributed by atoms with Crippen molar-refractivity contribution in [3.63, 3.8) is 0 Å². The average Bonchev–Trinajstić information content (AvgIpc) is 2.53. The van der Waals surface area contributed by atoms with Crippen LogP contribution in [0.5, 0.6) is 0 Å². The Bertz CT molecular complexity index is 591. The van der Waals surface area contributed by atoms with Crippen LogP contribution in [0.25, 0.3) is 6.08 Å². The highest BCUT2D eigenvalue weighted by Gasteiger charge is 1.97. The van der Waals surface area contributed by atoms with E-state index in [-0.39, 0.29) is 13.2 Å². The highest BCUT2D eigenvalue weighted by atomic mass is 16.5. The molecule has 2 aromatic carbocycles. The molecule has 21 heavy (non-hydrogen) atoms. The summed E-state index contributed by atoms with van der Waals surface area (Å²) in [6, 6.07) is 17.6. The normalized spacial score (nSPS) is 10.5. The van der Waals surface area contributed by atoms with E-state index in [1.54, 1.807) is 6.08 Å². The van der Waals surface area contributed by atoms with E-state index >= 15 is 0 Å². The van der Waals surface area contributed by atoms with Gasteiger partial charge in [-0.15, -0.1) is 0 Å². The first kappa shape index (κ1) is 14.8. The number of rotatable bonds is 6. The topological polar surface area (TPSA) is 58.6 Å². The molecule has 0 amide bonds. The molecule has 0 unspecified atom stereocenters. The van der Waals surface area contributed by atoms with Gasteiger partial charge in [-0.05, 0) is 35.9 Å². The van der Waals surface area contributed by atoms with Gasteiger partial charge in [-0.2, -0.15) is 0 Å². The van der Waals surface area contributed by atoms with Gasteiger partial charge in [-0.1, -0.05) is 30.3 Å². The molecule has 0 aliphatic heterocycles. The molecule has 0 atom stereocenters. The van der Waals surface area contributed by atoms with Crippen molar-refractivity contribution >= 4 is 23.4 Å². The Balaban J connectivity index is 1.93. The van der Waals surface area contributed by atoms with Crippen LogP contribution < -0.4 is 5.32 Å². The number of carbonyl (C=O) groups excluding carboxylic acids is 1. The van der Waals surface area contributed by atoms with Crippen LogP contribution in [-0.2, 0) is 9.53 Å². The third kappa shape index (κ3) is 5.12. The molecule has 2 rings (SSSR count). The Morgan fingerprint density at radius 2 is 1.71 bits per heavy atom. The summed E-state index contributed by atoms with van der Waals surface area (Å²) in [7, 11) is 0. The van der Waals surface area contributed by atoms with Crippen LogP contribution in [0.1, 0.15) is 5.56 Å². The molecule has 0 heterocycles. The SMILES string of the molecule is O=C(/C=C/c1ccc(Nc2ccccc2)cc1)OCCO. The van der Waals surface area contributed by atoms with Gasteiger partial charge in [0.25, 0.3) is 0 Å². The van der Waals surface area contributed by atoms with Gasteiger partial charge < -0.3 is 15.2 Å². The van der Waals surface area contributed by atoms with Gasteiger partial charge in [-0.25, -0.2) is 4.79 Å². The Morgan fingerprint density at radius 3 is 2.38 bits per heavy atom. The Morgan fingerprint density at radius 1 is 1.05 bits per heavy atom. The molecule has 0 bridgehead atoms. The smallest absolute Gasteiger partial charge is 0.330 e. The fourth-order valence-electron chi connectivity index (χ4n) is 1.72. The van der Waals surface area contributed by atoms with Crippen LogP contribution in [0.4, 0.5) is 11.4 Å². The number of hydrogen-bond donors (Lipinski definition) is 2. The molecule has 2 aromatic rings. The van der Waals surface area contributed by atoms with E-state index in [0.717, 1.165) is 16.9 Å². The second-order valence-electron chi connectivity index (χ2n) is 4.34. The molecule has 0 saturated carbocycles. The summed E-state index contributed by atoms with van der Waals surface area (Å²) in [4.78, 5) is 11.3. The van der Waals surface area contributed by atoms with E-state index in [0.29, 0.717) is 0 Å². The zero-order valence-electron chi connectivity index (χ0n) is 11.5. The van der Waals surface area contributed by atoms with E-state index in [4.69, 9.17) is 9.84 Å². The minimum absolute atomic E-state index is 0.0170. The number of benzene rings is 2. The Labute approximate surface area is 123 Å². The van der Waals surface area contributed by atoms with Crippen molar-refractivity contribution in [2.75, 3.05) is 18.5 Å². The average molecular weight is 283 g/mol. The molecular weight excluding hydrogens is 266 g/mol.